The predicted molar refractivity (Wildman–Crippen MR) is 82.1 cm³/mol. The number of carbonyl (C=O) groups is 1. The quantitative estimate of drug-likeness (QED) is 0.658. The molecule has 0 fully saturated rings. The first-order valence-electron chi connectivity index (χ1n) is 5.95. The minimum absolute atomic E-state index is 0.341. The summed E-state index contributed by atoms with van der Waals surface area (Å²) in [7, 11) is 0. The number of aldehydes is 1. The Balaban J connectivity index is 2.04. The largest absolute Gasteiger partial charge is 0.437 e. The highest BCUT2D eigenvalue weighted by Crippen LogP contribution is 2.31. The molecular weight excluding hydrogens is 340 g/mol. The normalized spacial score (nSPS) is 10.9. The Kier molecular flexibility index (Phi) is 3.35. The zero-order chi connectivity index (χ0) is 14.3. The van der Waals surface area contributed by atoms with Crippen molar-refractivity contribution in [1.82, 2.24) is 9.38 Å². The van der Waals surface area contributed by atoms with E-state index < -0.39 is 0 Å². The molecule has 0 spiro atoms. The highest BCUT2D eigenvalue weighted by Gasteiger charge is 2.15. The van der Waals surface area contributed by atoms with E-state index in [1.54, 1.807) is 4.40 Å². The SMILES string of the molecule is Cc1cc(Oc2nc3sccn3c2C=O)cc(C)c1Br. The number of imidazole rings is 1. The molecule has 0 unspecified atom stereocenters. The molecule has 1 aromatic carbocycles. The van der Waals surface area contributed by atoms with Crippen molar-refractivity contribution in [2.75, 3.05) is 0 Å². The van der Waals surface area contributed by atoms with Crippen LogP contribution in [0.4, 0.5) is 0 Å². The number of hydrogen-bond acceptors (Lipinski definition) is 4. The van der Waals surface area contributed by atoms with Gasteiger partial charge in [0, 0.05) is 16.0 Å². The molecule has 3 rings (SSSR count). The smallest absolute Gasteiger partial charge is 0.250 e. The molecule has 0 amide bonds. The standard InChI is InChI=1S/C14H11BrN2O2S/c1-8-5-10(6-9(2)12(8)15)19-13-11(7-18)17-3-4-20-14(17)16-13/h3-7H,1-2H3. The van der Waals surface area contributed by atoms with E-state index in [9.17, 15) is 4.79 Å². The molecule has 2 heterocycles. The number of aryl methyl sites for hydroxylation is 2. The van der Waals surface area contributed by atoms with Gasteiger partial charge in [0.05, 0.1) is 0 Å². The Labute approximate surface area is 128 Å². The Bertz CT molecular complexity index is 784. The van der Waals surface area contributed by atoms with E-state index in [2.05, 4.69) is 20.9 Å². The lowest BCUT2D eigenvalue weighted by Gasteiger charge is -2.08. The fraction of sp³-hybridized carbons (Fsp3) is 0.143. The van der Waals surface area contributed by atoms with Crippen LogP contribution < -0.4 is 4.74 Å². The van der Waals surface area contributed by atoms with Crippen molar-refractivity contribution in [2.45, 2.75) is 13.8 Å². The van der Waals surface area contributed by atoms with Gasteiger partial charge in [-0.25, -0.2) is 0 Å². The maximum atomic E-state index is 11.2. The van der Waals surface area contributed by atoms with Crippen LogP contribution in [0.2, 0.25) is 0 Å². The summed E-state index contributed by atoms with van der Waals surface area (Å²) in [6, 6.07) is 3.83. The minimum Gasteiger partial charge on any atom is -0.437 e. The molecule has 0 atom stereocenters. The molecular formula is C14H11BrN2O2S. The third-order valence-electron chi connectivity index (χ3n) is 3.00. The van der Waals surface area contributed by atoms with Gasteiger partial charge < -0.3 is 4.74 Å². The van der Waals surface area contributed by atoms with Gasteiger partial charge >= 0.3 is 0 Å². The van der Waals surface area contributed by atoms with Gasteiger partial charge in [0.1, 0.15) is 5.75 Å². The molecule has 0 bridgehead atoms. The van der Waals surface area contributed by atoms with Crippen LogP contribution in [-0.4, -0.2) is 15.7 Å². The monoisotopic (exact) mass is 350 g/mol. The van der Waals surface area contributed by atoms with Crippen LogP contribution in [0.5, 0.6) is 11.6 Å². The number of fused-ring (bicyclic) bond motifs is 1. The van der Waals surface area contributed by atoms with Crippen molar-refractivity contribution in [2.24, 2.45) is 0 Å². The lowest BCUT2D eigenvalue weighted by molar-refractivity contribution is 0.111. The fourth-order valence-electron chi connectivity index (χ4n) is 2.04. The molecule has 0 radical (unpaired) electrons. The Morgan fingerprint density at radius 1 is 1.35 bits per heavy atom. The van der Waals surface area contributed by atoms with E-state index in [-0.39, 0.29) is 0 Å². The molecule has 0 N–H and O–H groups in total. The molecule has 6 heteroatoms. The maximum absolute atomic E-state index is 11.2. The lowest BCUT2D eigenvalue weighted by Crippen LogP contribution is -1.93. The summed E-state index contributed by atoms with van der Waals surface area (Å²) in [4.78, 5) is 16.3. The average Bonchev–Trinajstić information content (AvgIpc) is 2.96. The molecule has 102 valence electrons. The van der Waals surface area contributed by atoms with Gasteiger partial charge in [0.2, 0.25) is 5.88 Å². The summed E-state index contributed by atoms with van der Waals surface area (Å²) >= 11 is 4.98. The van der Waals surface area contributed by atoms with Gasteiger partial charge in [-0.2, -0.15) is 4.98 Å². The Morgan fingerprint density at radius 2 is 2.05 bits per heavy atom. The summed E-state index contributed by atoms with van der Waals surface area (Å²) in [6.45, 7) is 3.99. The van der Waals surface area contributed by atoms with E-state index in [0.29, 0.717) is 17.3 Å². The van der Waals surface area contributed by atoms with Crippen LogP contribution in [0.3, 0.4) is 0 Å². The highest BCUT2D eigenvalue weighted by atomic mass is 79.9. The Morgan fingerprint density at radius 3 is 2.70 bits per heavy atom. The molecule has 0 aliphatic rings. The fourth-order valence-corrected chi connectivity index (χ4v) is 2.98. The number of rotatable bonds is 3. The van der Waals surface area contributed by atoms with Crippen molar-refractivity contribution >= 4 is 38.5 Å². The Hall–Kier alpha value is -1.66. The molecule has 0 aliphatic heterocycles. The molecule has 0 saturated carbocycles. The third-order valence-corrected chi connectivity index (χ3v) is 5.01. The summed E-state index contributed by atoms with van der Waals surface area (Å²) in [6.07, 6.45) is 2.57. The van der Waals surface area contributed by atoms with E-state index >= 15 is 0 Å². The van der Waals surface area contributed by atoms with Crippen molar-refractivity contribution in [3.8, 4) is 11.6 Å². The molecule has 0 saturated heterocycles. The summed E-state index contributed by atoms with van der Waals surface area (Å²) in [5, 5.41) is 1.88. The number of hydrogen-bond donors (Lipinski definition) is 0. The van der Waals surface area contributed by atoms with Crippen molar-refractivity contribution < 1.29 is 9.53 Å². The number of ether oxygens (including phenoxy) is 1. The molecule has 3 aromatic rings. The van der Waals surface area contributed by atoms with Crippen molar-refractivity contribution in [3.63, 3.8) is 0 Å². The van der Waals surface area contributed by atoms with E-state index in [1.165, 1.54) is 11.3 Å². The van der Waals surface area contributed by atoms with Crippen LogP contribution >= 0.6 is 27.3 Å². The van der Waals surface area contributed by atoms with Crippen LogP contribution in [-0.2, 0) is 0 Å². The molecule has 0 aliphatic carbocycles. The zero-order valence-electron chi connectivity index (χ0n) is 10.9. The van der Waals surface area contributed by atoms with E-state index in [1.807, 2.05) is 37.6 Å². The minimum atomic E-state index is 0.341. The summed E-state index contributed by atoms with van der Waals surface area (Å²) < 4.78 is 8.57. The second-order valence-electron chi connectivity index (χ2n) is 4.45. The first-order valence-corrected chi connectivity index (χ1v) is 7.62. The maximum Gasteiger partial charge on any atom is 0.250 e. The summed E-state index contributed by atoms with van der Waals surface area (Å²) in [5.74, 6) is 1.02. The zero-order valence-corrected chi connectivity index (χ0v) is 13.3. The first-order chi connectivity index (χ1) is 9.60. The van der Waals surface area contributed by atoms with Crippen molar-refractivity contribution in [3.05, 3.63) is 45.0 Å². The number of benzene rings is 1. The van der Waals surface area contributed by atoms with Gasteiger partial charge in [-0.05, 0) is 37.1 Å². The first kappa shape index (κ1) is 13.3. The lowest BCUT2D eigenvalue weighted by atomic mass is 10.1. The van der Waals surface area contributed by atoms with Gasteiger partial charge in [0.15, 0.2) is 16.9 Å². The topological polar surface area (TPSA) is 43.6 Å². The van der Waals surface area contributed by atoms with Gasteiger partial charge in [0.25, 0.3) is 0 Å². The predicted octanol–water partition coefficient (Wildman–Crippen LogP) is 4.38. The molecule has 2 aromatic heterocycles. The van der Waals surface area contributed by atoms with Gasteiger partial charge in [-0.15, -0.1) is 11.3 Å². The molecule has 20 heavy (non-hydrogen) atoms. The second-order valence-corrected chi connectivity index (χ2v) is 6.11. The van der Waals surface area contributed by atoms with E-state index in [0.717, 1.165) is 26.8 Å². The van der Waals surface area contributed by atoms with E-state index in [4.69, 9.17) is 4.74 Å². The number of thiazole rings is 1. The average molecular weight is 351 g/mol. The van der Waals surface area contributed by atoms with Gasteiger partial charge in [-0.1, -0.05) is 15.9 Å². The number of halogens is 1. The second kappa shape index (κ2) is 5.03. The van der Waals surface area contributed by atoms with Gasteiger partial charge in [-0.3, -0.25) is 9.20 Å². The summed E-state index contributed by atoms with van der Waals surface area (Å²) in [5.41, 5.74) is 2.59. The number of carbonyl (C=O) groups excluding carboxylic acids is 1. The number of nitrogens with zero attached hydrogens (tertiary/aromatic N) is 2. The van der Waals surface area contributed by atoms with Crippen molar-refractivity contribution in [1.29, 1.82) is 0 Å². The van der Waals surface area contributed by atoms with Crippen LogP contribution in [0, 0.1) is 13.8 Å². The molecule has 4 nitrogen and oxygen atoms in total. The van der Waals surface area contributed by atoms with Crippen LogP contribution in [0.25, 0.3) is 4.96 Å². The van der Waals surface area contributed by atoms with Crippen LogP contribution in [0.15, 0.2) is 28.2 Å². The number of aromatic nitrogens is 2. The highest BCUT2D eigenvalue weighted by molar-refractivity contribution is 9.10. The van der Waals surface area contributed by atoms with Crippen LogP contribution in [0.1, 0.15) is 21.6 Å². The third kappa shape index (κ3) is 2.14.